The molecule has 0 bridgehead atoms. The number of carbonyl (C=O) groups is 1. The van der Waals surface area contributed by atoms with Crippen molar-refractivity contribution in [3.05, 3.63) is 53.6 Å². The van der Waals surface area contributed by atoms with E-state index in [1.807, 2.05) is 42.5 Å². The zero-order chi connectivity index (χ0) is 15.9. The van der Waals surface area contributed by atoms with Gasteiger partial charge >= 0.3 is 0 Å². The number of nitrogens with zero attached hydrogens (tertiary/aromatic N) is 1. The van der Waals surface area contributed by atoms with Crippen molar-refractivity contribution in [2.75, 3.05) is 0 Å². The molecule has 0 aromatic heterocycles. The molecule has 0 amide bonds. The van der Waals surface area contributed by atoms with Crippen molar-refractivity contribution in [2.45, 2.75) is 37.7 Å². The molecule has 2 aliphatic rings. The fourth-order valence-corrected chi connectivity index (χ4v) is 3.79. The molecular weight excluding hydrogens is 286 g/mol. The highest BCUT2D eigenvalue weighted by Crippen LogP contribution is 2.45. The molecule has 1 aliphatic carbocycles. The van der Waals surface area contributed by atoms with Crippen LogP contribution in [0.15, 0.2) is 48.0 Å². The second-order valence-electron chi connectivity index (χ2n) is 6.33. The lowest BCUT2D eigenvalue weighted by Gasteiger charge is -2.31. The molecule has 0 atom stereocenters. The summed E-state index contributed by atoms with van der Waals surface area (Å²) in [5, 5.41) is 11.6. The fraction of sp³-hybridized carbons (Fsp3) is 0.300. The first kappa shape index (κ1) is 14.0. The molecule has 0 radical (unpaired) electrons. The first-order chi connectivity index (χ1) is 11.2. The molecule has 1 fully saturated rings. The lowest BCUT2D eigenvalue weighted by Crippen LogP contribution is -2.39. The van der Waals surface area contributed by atoms with E-state index < -0.39 is 5.60 Å². The van der Waals surface area contributed by atoms with Gasteiger partial charge in [0.2, 0.25) is 5.78 Å². The minimum Gasteiger partial charge on any atom is -0.477 e. The number of hydrogen-bond acceptors (Lipinski definition) is 3. The van der Waals surface area contributed by atoms with Crippen LogP contribution in [-0.4, -0.2) is 11.4 Å². The minimum absolute atomic E-state index is 0.123. The third kappa shape index (κ3) is 2.06. The highest BCUT2D eigenvalue weighted by Gasteiger charge is 2.50. The third-order valence-electron chi connectivity index (χ3n) is 4.97. The molecule has 1 aliphatic heterocycles. The Kier molecular flexibility index (Phi) is 3.20. The van der Waals surface area contributed by atoms with E-state index in [2.05, 4.69) is 6.07 Å². The second-order valence-corrected chi connectivity index (χ2v) is 6.33. The van der Waals surface area contributed by atoms with E-state index in [1.54, 1.807) is 0 Å². The molecule has 23 heavy (non-hydrogen) atoms. The largest absolute Gasteiger partial charge is 0.477 e. The lowest BCUT2D eigenvalue weighted by atomic mass is 9.80. The summed E-state index contributed by atoms with van der Waals surface area (Å²) in [5.41, 5.74) is 0.231. The summed E-state index contributed by atoms with van der Waals surface area (Å²) in [6, 6.07) is 16.0. The van der Waals surface area contributed by atoms with Crippen LogP contribution in [0.25, 0.3) is 16.5 Å². The first-order valence-corrected chi connectivity index (χ1v) is 8.11. The van der Waals surface area contributed by atoms with Crippen LogP contribution in [0.3, 0.4) is 0 Å². The number of benzene rings is 2. The van der Waals surface area contributed by atoms with Gasteiger partial charge in [-0.25, -0.2) is 0 Å². The zero-order valence-corrected chi connectivity index (χ0v) is 12.8. The highest BCUT2D eigenvalue weighted by molar-refractivity contribution is 6.15. The van der Waals surface area contributed by atoms with Crippen LogP contribution in [0, 0.1) is 11.3 Å². The van der Waals surface area contributed by atoms with Gasteiger partial charge in [0.05, 0.1) is 0 Å². The van der Waals surface area contributed by atoms with Gasteiger partial charge in [0.25, 0.3) is 0 Å². The van der Waals surface area contributed by atoms with E-state index in [0.29, 0.717) is 18.6 Å². The molecule has 1 saturated carbocycles. The maximum atomic E-state index is 12.8. The number of Topliss-reactive ketones (excluding diaryl/α,β-unsaturated/α-hetero) is 1. The van der Waals surface area contributed by atoms with E-state index in [9.17, 15) is 10.1 Å². The van der Waals surface area contributed by atoms with Crippen LogP contribution in [-0.2, 0) is 9.53 Å². The Labute approximate surface area is 135 Å². The molecular formula is C20H17NO2. The molecule has 3 nitrogen and oxygen atoms in total. The smallest absolute Gasteiger partial charge is 0.220 e. The van der Waals surface area contributed by atoms with Gasteiger partial charge in [0.1, 0.15) is 17.4 Å². The number of rotatable bonds is 1. The van der Waals surface area contributed by atoms with E-state index in [4.69, 9.17) is 4.74 Å². The van der Waals surface area contributed by atoms with E-state index in [-0.39, 0.29) is 11.4 Å². The van der Waals surface area contributed by atoms with Crippen LogP contribution in [0.1, 0.15) is 37.7 Å². The summed E-state index contributed by atoms with van der Waals surface area (Å²) < 4.78 is 6.21. The lowest BCUT2D eigenvalue weighted by molar-refractivity contribution is -0.131. The third-order valence-corrected chi connectivity index (χ3v) is 4.97. The highest BCUT2D eigenvalue weighted by atomic mass is 16.5. The van der Waals surface area contributed by atoms with Gasteiger partial charge in [-0.3, -0.25) is 4.79 Å². The van der Waals surface area contributed by atoms with Crippen molar-refractivity contribution >= 4 is 22.3 Å². The fourth-order valence-electron chi connectivity index (χ4n) is 3.79. The number of fused-ring (bicyclic) bond motifs is 1. The van der Waals surface area contributed by atoms with E-state index >= 15 is 0 Å². The monoisotopic (exact) mass is 303 g/mol. The van der Waals surface area contributed by atoms with Crippen molar-refractivity contribution in [3.8, 4) is 6.07 Å². The van der Waals surface area contributed by atoms with Gasteiger partial charge in [0, 0.05) is 5.56 Å². The molecule has 114 valence electrons. The van der Waals surface area contributed by atoms with Crippen molar-refractivity contribution in [1.29, 1.82) is 5.26 Å². The van der Waals surface area contributed by atoms with Crippen molar-refractivity contribution in [2.24, 2.45) is 0 Å². The first-order valence-electron chi connectivity index (χ1n) is 8.11. The Morgan fingerprint density at radius 3 is 2.52 bits per heavy atom. The molecule has 1 heterocycles. The summed E-state index contributed by atoms with van der Waals surface area (Å²) >= 11 is 0. The topological polar surface area (TPSA) is 50.1 Å². The van der Waals surface area contributed by atoms with E-state index in [1.165, 1.54) is 0 Å². The van der Waals surface area contributed by atoms with Gasteiger partial charge in [-0.05, 0) is 36.5 Å². The average molecular weight is 303 g/mol. The molecule has 4 rings (SSSR count). The van der Waals surface area contributed by atoms with Gasteiger partial charge in [-0.2, -0.15) is 5.26 Å². The maximum absolute atomic E-state index is 12.8. The Hall–Kier alpha value is -2.60. The van der Waals surface area contributed by atoms with Crippen LogP contribution >= 0.6 is 0 Å². The van der Waals surface area contributed by atoms with E-state index in [0.717, 1.165) is 35.6 Å². The molecule has 0 saturated heterocycles. The number of ether oxygens (including phenoxy) is 1. The van der Waals surface area contributed by atoms with Gasteiger partial charge < -0.3 is 4.74 Å². The predicted octanol–water partition coefficient (Wildman–Crippen LogP) is 4.38. The van der Waals surface area contributed by atoms with Crippen molar-refractivity contribution < 1.29 is 9.53 Å². The molecule has 0 N–H and O–H groups in total. The average Bonchev–Trinajstić information content (AvgIpc) is 2.87. The van der Waals surface area contributed by atoms with Gasteiger partial charge in [0.15, 0.2) is 5.60 Å². The standard InChI is InChI=1S/C20H17NO2/c21-13-17-18(23-20(19(17)22)11-4-1-5-12-20)16-10-6-8-14-7-2-3-9-15(14)16/h2-3,6-10H,1,4-5,11-12H2. The Morgan fingerprint density at radius 1 is 1.00 bits per heavy atom. The summed E-state index contributed by atoms with van der Waals surface area (Å²) in [7, 11) is 0. The molecule has 1 spiro atoms. The van der Waals surface area contributed by atoms with Crippen LogP contribution in [0.4, 0.5) is 0 Å². The Morgan fingerprint density at radius 2 is 1.74 bits per heavy atom. The minimum atomic E-state index is -0.796. The number of ketones is 1. The summed E-state index contributed by atoms with van der Waals surface area (Å²) in [6.45, 7) is 0. The van der Waals surface area contributed by atoms with Crippen LogP contribution in [0.2, 0.25) is 0 Å². The predicted molar refractivity (Wildman–Crippen MR) is 88.4 cm³/mol. The van der Waals surface area contributed by atoms with Crippen molar-refractivity contribution in [1.82, 2.24) is 0 Å². The maximum Gasteiger partial charge on any atom is 0.220 e. The number of hydrogen-bond donors (Lipinski definition) is 0. The summed E-state index contributed by atoms with van der Waals surface area (Å²) in [5.74, 6) is 0.346. The SMILES string of the molecule is N#CC1=C(c2cccc3ccccc23)OC2(CCCCC2)C1=O. The van der Waals surface area contributed by atoms with Gasteiger partial charge in [-0.1, -0.05) is 48.9 Å². The summed E-state index contributed by atoms with van der Waals surface area (Å²) in [6.07, 6.45) is 4.51. The molecule has 3 heteroatoms. The van der Waals surface area contributed by atoms with Crippen LogP contribution in [0.5, 0.6) is 0 Å². The zero-order valence-electron chi connectivity index (χ0n) is 12.8. The van der Waals surface area contributed by atoms with Gasteiger partial charge in [-0.15, -0.1) is 0 Å². The number of carbonyl (C=O) groups excluding carboxylic acids is 1. The Balaban J connectivity index is 1.88. The normalized spacial score (nSPS) is 19.9. The quantitative estimate of drug-likeness (QED) is 0.785. The van der Waals surface area contributed by atoms with Crippen LogP contribution < -0.4 is 0 Å². The molecule has 2 aromatic carbocycles. The molecule has 2 aromatic rings. The molecule has 0 unspecified atom stereocenters. The Bertz CT molecular complexity index is 861. The second kappa shape index (κ2) is 5.24. The summed E-state index contributed by atoms with van der Waals surface area (Å²) in [4.78, 5) is 12.8. The van der Waals surface area contributed by atoms with Crippen molar-refractivity contribution in [3.63, 3.8) is 0 Å². The number of nitriles is 1.